The van der Waals surface area contributed by atoms with E-state index in [1.165, 1.54) is 32.1 Å². The van der Waals surface area contributed by atoms with Gasteiger partial charge in [0.15, 0.2) is 0 Å². The summed E-state index contributed by atoms with van der Waals surface area (Å²) in [5.74, 6) is -0.879. The van der Waals surface area contributed by atoms with E-state index in [0.29, 0.717) is 11.6 Å². The molecule has 0 unspecified atom stereocenters. The molecule has 0 atom stereocenters. The summed E-state index contributed by atoms with van der Waals surface area (Å²) in [5, 5.41) is 22.3. The van der Waals surface area contributed by atoms with Gasteiger partial charge in [-0.25, -0.2) is 9.59 Å². The van der Waals surface area contributed by atoms with Crippen LogP contribution < -0.4 is 35.3 Å². The van der Waals surface area contributed by atoms with Gasteiger partial charge in [-0.3, -0.25) is 0 Å². The first-order valence-corrected chi connectivity index (χ1v) is 6.39. The number of carboxylic acids is 1. The van der Waals surface area contributed by atoms with Crippen LogP contribution in [0.25, 0.3) is 0 Å². The topological polar surface area (TPSA) is 121 Å². The molecule has 1 aromatic rings. The molecular weight excluding hydrogens is 285 g/mol. The van der Waals surface area contributed by atoms with Crippen molar-refractivity contribution in [2.45, 2.75) is 38.1 Å². The van der Waals surface area contributed by atoms with Crippen LogP contribution in [-0.4, -0.2) is 33.5 Å². The molecule has 0 amide bonds. The molecule has 1 saturated carbocycles. The van der Waals surface area contributed by atoms with Crippen molar-refractivity contribution in [3.8, 4) is 0 Å². The summed E-state index contributed by atoms with van der Waals surface area (Å²) in [6.45, 7) is 0. The van der Waals surface area contributed by atoms with E-state index in [-0.39, 0.29) is 31.0 Å². The van der Waals surface area contributed by atoms with Crippen LogP contribution in [-0.2, 0) is 0 Å². The summed E-state index contributed by atoms with van der Waals surface area (Å²) >= 11 is 0. The summed E-state index contributed by atoms with van der Waals surface area (Å²) in [4.78, 5) is 18.8. The van der Waals surface area contributed by atoms with Crippen molar-refractivity contribution in [1.82, 2.24) is 0 Å². The van der Waals surface area contributed by atoms with Gasteiger partial charge in [-0.15, -0.1) is 0 Å². The third-order valence-electron chi connectivity index (χ3n) is 2.67. The zero-order valence-electron chi connectivity index (χ0n) is 13.2. The molecule has 0 heterocycles. The normalized spacial score (nSPS) is 13.4. The zero-order valence-corrected chi connectivity index (χ0v) is 14.2. The minimum absolute atomic E-state index is 0. The summed E-state index contributed by atoms with van der Waals surface area (Å²) in [7, 11) is 0. The molecule has 0 spiro atoms. The second-order valence-corrected chi connectivity index (χ2v) is 4.35. The Labute approximate surface area is 147 Å². The van der Waals surface area contributed by atoms with Crippen molar-refractivity contribution in [2.24, 2.45) is 5.73 Å². The van der Waals surface area contributed by atoms with Gasteiger partial charge in [-0.1, -0.05) is 37.5 Å². The van der Waals surface area contributed by atoms with E-state index in [2.05, 4.69) is 0 Å². The monoisotopic (exact) mass is 307 g/mol. The van der Waals surface area contributed by atoms with Crippen LogP contribution in [0.1, 0.15) is 43.9 Å². The van der Waals surface area contributed by atoms with Crippen molar-refractivity contribution in [3.63, 3.8) is 0 Å². The number of hydrogen-bond acceptors (Lipinski definition) is 3. The molecule has 21 heavy (non-hydrogen) atoms. The van der Waals surface area contributed by atoms with Crippen molar-refractivity contribution in [2.75, 3.05) is 0 Å². The number of benzene rings is 1. The minimum Gasteiger partial charge on any atom is -1.00 e. The second kappa shape index (κ2) is 13.9. The third kappa shape index (κ3) is 15.1. The number of aromatic carboxylic acids is 1. The van der Waals surface area contributed by atoms with Crippen LogP contribution in [0.15, 0.2) is 30.3 Å². The minimum atomic E-state index is -1.83. The Morgan fingerprint density at radius 2 is 1.43 bits per heavy atom. The predicted octanol–water partition coefficient (Wildman–Crippen LogP) is 0.00150. The van der Waals surface area contributed by atoms with Gasteiger partial charge in [0.1, 0.15) is 0 Å². The fourth-order valence-electron chi connectivity index (χ4n) is 1.71. The zero-order chi connectivity index (χ0) is 15.4. The Bertz CT molecular complexity index is 395. The summed E-state index contributed by atoms with van der Waals surface area (Å²) in [6.07, 6.45) is 4.83. The predicted molar refractivity (Wildman–Crippen MR) is 76.2 cm³/mol. The number of rotatable bonds is 1. The van der Waals surface area contributed by atoms with Crippen LogP contribution in [0.4, 0.5) is 4.79 Å². The summed E-state index contributed by atoms with van der Waals surface area (Å²) in [6, 6.07) is 8.83. The van der Waals surface area contributed by atoms with Crippen LogP contribution in [0, 0.1) is 0 Å². The molecule has 0 saturated heterocycles. The molecular formula is C14H22NNaO5. The standard InChI is InChI=1S/C7H6O2.C6H13N.CH2O3.Na.H/c8-7(9)6-4-2-1-3-5-6;7-6-4-2-1-3-5-6;2-1(3)4;;/h1-5H,(H,8,9);6H,1-5,7H2;(H2,2,3,4);;/q;;;+1;-1. The Morgan fingerprint density at radius 1 is 1.00 bits per heavy atom. The van der Waals surface area contributed by atoms with Crippen LogP contribution >= 0.6 is 0 Å². The van der Waals surface area contributed by atoms with Crippen LogP contribution in [0.3, 0.4) is 0 Å². The molecule has 1 aliphatic rings. The number of carbonyl (C=O) groups is 2. The Morgan fingerprint density at radius 3 is 1.67 bits per heavy atom. The molecule has 5 N–H and O–H groups in total. The van der Waals surface area contributed by atoms with E-state index in [1.54, 1.807) is 30.3 Å². The van der Waals surface area contributed by atoms with Crippen LogP contribution in [0.2, 0.25) is 0 Å². The molecule has 2 rings (SSSR count). The molecule has 0 aromatic heterocycles. The largest absolute Gasteiger partial charge is 1.00 e. The molecule has 1 aliphatic carbocycles. The Kier molecular flexibility index (Phi) is 14.7. The molecule has 0 aliphatic heterocycles. The first kappa shape index (κ1) is 22.2. The quantitative estimate of drug-likeness (QED) is 0.542. The maximum atomic E-state index is 10.2. The van der Waals surface area contributed by atoms with Gasteiger partial charge in [0, 0.05) is 6.04 Å². The maximum absolute atomic E-state index is 10.2. The van der Waals surface area contributed by atoms with Gasteiger partial charge >= 0.3 is 41.7 Å². The number of hydrogen-bond donors (Lipinski definition) is 4. The van der Waals surface area contributed by atoms with E-state index in [0.717, 1.165) is 0 Å². The average molecular weight is 307 g/mol. The van der Waals surface area contributed by atoms with E-state index in [4.69, 9.17) is 25.8 Å². The fourth-order valence-corrected chi connectivity index (χ4v) is 1.71. The van der Waals surface area contributed by atoms with Gasteiger partial charge < -0.3 is 22.5 Å². The smallest absolute Gasteiger partial charge is 1.00 e. The van der Waals surface area contributed by atoms with Crippen molar-refractivity contribution < 1.29 is 55.9 Å². The van der Waals surface area contributed by atoms with Crippen molar-refractivity contribution in [1.29, 1.82) is 0 Å². The molecule has 0 radical (unpaired) electrons. The molecule has 114 valence electrons. The van der Waals surface area contributed by atoms with Gasteiger partial charge in [0.05, 0.1) is 5.56 Å². The Hall–Kier alpha value is -1.08. The molecule has 1 aromatic carbocycles. The number of nitrogens with two attached hydrogens (primary N) is 1. The van der Waals surface area contributed by atoms with E-state index in [9.17, 15) is 4.79 Å². The average Bonchev–Trinajstić information content (AvgIpc) is 2.41. The van der Waals surface area contributed by atoms with Crippen molar-refractivity contribution >= 4 is 12.1 Å². The van der Waals surface area contributed by atoms with E-state index in [1.807, 2.05) is 0 Å². The second-order valence-electron chi connectivity index (χ2n) is 4.35. The van der Waals surface area contributed by atoms with Gasteiger partial charge in [-0.2, -0.15) is 0 Å². The summed E-state index contributed by atoms with van der Waals surface area (Å²) in [5.41, 5.74) is 5.97. The fraction of sp³-hybridized carbons (Fsp3) is 0.429. The van der Waals surface area contributed by atoms with Gasteiger partial charge in [-0.05, 0) is 25.0 Å². The summed E-state index contributed by atoms with van der Waals surface area (Å²) < 4.78 is 0. The molecule has 1 fully saturated rings. The first-order chi connectivity index (χ1) is 9.43. The van der Waals surface area contributed by atoms with Crippen LogP contribution in [0.5, 0.6) is 0 Å². The third-order valence-corrected chi connectivity index (χ3v) is 2.67. The van der Waals surface area contributed by atoms with Crippen molar-refractivity contribution in [3.05, 3.63) is 35.9 Å². The van der Waals surface area contributed by atoms with Gasteiger partial charge in [0.25, 0.3) is 0 Å². The van der Waals surface area contributed by atoms with E-state index < -0.39 is 12.1 Å². The molecule has 6 nitrogen and oxygen atoms in total. The first-order valence-electron chi connectivity index (χ1n) is 6.39. The molecule has 7 heteroatoms. The maximum Gasteiger partial charge on any atom is 1.00 e. The van der Waals surface area contributed by atoms with E-state index >= 15 is 0 Å². The Balaban J connectivity index is -0.000000252. The molecule has 0 bridgehead atoms. The number of carboxylic acid groups (broad SMARTS) is 3. The SMILES string of the molecule is NC1CCCCC1.O=C(O)O.O=C(O)c1ccccc1.[H-].[Na+]. The van der Waals surface area contributed by atoms with Gasteiger partial charge in [0.2, 0.25) is 0 Å².